The lowest BCUT2D eigenvalue weighted by Gasteiger charge is -2.47. The van der Waals surface area contributed by atoms with Gasteiger partial charge in [0.2, 0.25) is 0 Å². The van der Waals surface area contributed by atoms with E-state index in [1.807, 2.05) is 58.6 Å². The Morgan fingerprint density at radius 1 is 1.02 bits per heavy atom. The van der Waals surface area contributed by atoms with Crippen LogP contribution in [0.15, 0.2) is 0 Å². The Morgan fingerprint density at radius 2 is 1.64 bits per heavy atom. The Labute approximate surface area is 282 Å². The molecule has 0 aromatic rings. The second-order valence-electron chi connectivity index (χ2n) is 15.1. The average molecular weight is 678 g/mol. The highest BCUT2D eigenvalue weighted by molar-refractivity contribution is 5.67. The summed E-state index contributed by atoms with van der Waals surface area (Å²) in [7, 11) is 5.60. The third-order valence-electron chi connectivity index (χ3n) is 10.3. The number of hydrogen-bond donors (Lipinski definition) is 6. The van der Waals surface area contributed by atoms with Crippen molar-refractivity contribution in [2.75, 3.05) is 34.2 Å². The highest BCUT2D eigenvalue weighted by atomic mass is 16.7. The largest absolute Gasteiger partial charge is 0.445 e. The van der Waals surface area contributed by atoms with Crippen molar-refractivity contribution in [2.45, 2.75) is 160 Å². The lowest BCUT2D eigenvalue weighted by atomic mass is 9.77. The van der Waals surface area contributed by atoms with Crippen molar-refractivity contribution in [3.63, 3.8) is 0 Å². The van der Waals surface area contributed by atoms with E-state index in [1.165, 1.54) is 6.92 Å². The van der Waals surface area contributed by atoms with E-state index in [4.69, 9.17) is 18.9 Å². The minimum atomic E-state index is -1.74. The summed E-state index contributed by atoms with van der Waals surface area (Å²) < 4.78 is 24.8. The molecule has 0 saturated carbocycles. The molecule has 0 spiro atoms. The third kappa shape index (κ3) is 10.7. The number of aliphatic hydroxyl groups is 5. The summed E-state index contributed by atoms with van der Waals surface area (Å²) in [6.07, 6.45) is -7.13. The number of aliphatic hydroxyl groups excluding tert-OH is 3. The molecule has 0 aromatic heterocycles. The number of nitrogens with zero attached hydrogens (tertiary/aromatic N) is 2. The van der Waals surface area contributed by atoms with Crippen LogP contribution in [0.5, 0.6) is 0 Å². The lowest BCUT2D eigenvalue weighted by Crippen LogP contribution is -2.59. The first kappa shape index (κ1) is 42.0. The molecule has 2 fully saturated rings. The zero-order chi connectivity index (χ0) is 36.0. The molecule has 0 bridgehead atoms. The van der Waals surface area contributed by atoms with Crippen LogP contribution in [0.4, 0.5) is 4.79 Å². The minimum absolute atomic E-state index is 0.128. The van der Waals surface area contributed by atoms with E-state index >= 15 is 0 Å². The Balaban J connectivity index is 2.68. The van der Waals surface area contributed by atoms with Gasteiger partial charge in [0.15, 0.2) is 12.6 Å². The predicted molar refractivity (Wildman–Crippen MR) is 178 cm³/mol. The number of alkyl carbamates (subject to hydrolysis) is 1. The molecule has 47 heavy (non-hydrogen) atoms. The maximum absolute atomic E-state index is 13.0. The molecule has 13 nitrogen and oxygen atoms in total. The van der Waals surface area contributed by atoms with Gasteiger partial charge in [-0.15, -0.1) is 0 Å². The van der Waals surface area contributed by atoms with Crippen LogP contribution in [0.3, 0.4) is 0 Å². The Kier molecular flexibility index (Phi) is 15.8. The molecule has 0 radical (unpaired) electrons. The van der Waals surface area contributed by atoms with Crippen LogP contribution in [0.25, 0.3) is 0 Å². The number of carbonyl (C=O) groups excluding carboxylic acids is 1. The quantitative estimate of drug-likeness (QED) is 0.232. The van der Waals surface area contributed by atoms with Crippen LogP contribution in [0, 0.1) is 17.8 Å². The van der Waals surface area contributed by atoms with Crippen LogP contribution >= 0.6 is 0 Å². The van der Waals surface area contributed by atoms with Gasteiger partial charge in [0.1, 0.15) is 23.9 Å². The molecule has 0 aromatic carbocycles. The van der Waals surface area contributed by atoms with Crippen molar-refractivity contribution < 1.29 is 49.3 Å². The smallest absolute Gasteiger partial charge is 0.407 e. The van der Waals surface area contributed by atoms with E-state index in [2.05, 4.69) is 5.32 Å². The summed E-state index contributed by atoms with van der Waals surface area (Å²) in [5.74, 6) is -1.76. The molecule has 0 aliphatic carbocycles. The Hall–Kier alpha value is -1.13. The second-order valence-corrected chi connectivity index (χ2v) is 15.1. The highest BCUT2D eigenvalue weighted by Crippen LogP contribution is 2.38. The van der Waals surface area contributed by atoms with Gasteiger partial charge in [0, 0.05) is 37.0 Å². The van der Waals surface area contributed by atoms with Gasteiger partial charge in [0.25, 0.3) is 0 Å². The number of carbonyl (C=O) groups is 1. The topological polar surface area (TPSA) is 174 Å². The van der Waals surface area contributed by atoms with E-state index in [0.29, 0.717) is 25.9 Å². The van der Waals surface area contributed by atoms with Crippen LogP contribution in [0.2, 0.25) is 0 Å². The van der Waals surface area contributed by atoms with E-state index in [9.17, 15) is 30.3 Å². The van der Waals surface area contributed by atoms with E-state index in [1.54, 1.807) is 27.7 Å². The SMILES string of the molecule is CCCNC(=O)O[C@H]1[C@H](C)[C@@H](O[C@@H]2O[C@H](C)C[C@H](N(C)C)[C@H]2O)[C@](C)(O)C[C@@H](C)CN(C)[C@H](C)[C@@H](O)[C@](C)(O)[C@@H](CC)OC(O)[C@@H]1C. The fourth-order valence-electron chi connectivity index (χ4n) is 7.46. The van der Waals surface area contributed by atoms with Crippen molar-refractivity contribution in [1.29, 1.82) is 0 Å². The molecule has 1 unspecified atom stereocenters. The number of ether oxygens (including phenoxy) is 4. The van der Waals surface area contributed by atoms with Crippen LogP contribution < -0.4 is 5.32 Å². The average Bonchev–Trinajstić information content (AvgIpc) is 2.98. The van der Waals surface area contributed by atoms with Crippen molar-refractivity contribution >= 4 is 6.09 Å². The first-order valence-corrected chi connectivity index (χ1v) is 17.5. The maximum Gasteiger partial charge on any atom is 0.407 e. The number of nitrogens with one attached hydrogen (secondary N) is 1. The molecule has 2 aliphatic rings. The number of amides is 1. The summed E-state index contributed by atoms with van der Waals surface area (Å²) >= 11 is 0. The molecule has 2 aliphatic heterocycles. The van der Waals surface area contributed by atoms with Gasteiger partial charge in [-0.3, -0.25) is 0 Å². The zero-order valence-electron chi connectivity index (χ0n) is 30.9. The van der Waals surface area contributed by atoms with E-state index in [0.717, 1.165) is 0 Å². The molecule has 2 heterocycles. The first-order valence-electron chi connectivity index (χ1n) is 17.5. The van der Waals surface area contributed by atoms with Crippen molar-refractivity contribution in [3.05, 3.63) is 0 Å². The van der Waals surface area contributed by atoms with Gasteiger partial charge in [0.05, 0.1) is 23.9 Å². The minimum Gasteiger partial charge on any atom is -0.445 e. The fraction of sp³-hybridized carbons (Fsp3) is 0.971. The number of likely N-dealkylation sites (N-methyl/N-ethyl adjacent to an activating group) is 2. The lowest BCUT2D eigenvalue weighted by molar-refractivity contribution is -0.301. The van der Waals surface area contributed by atoms with E-state index < -0.39 is 78.3 Å². The van der Waals surface area contributed by atoms with Crippen LogP contribution in [-0.4, -0.2) is 148 Å². The fourth-order valence-corrected chi connectivity index (χ4v) is 7.46. The molecule has 2 rings (SSSR count). The third-order valence-corrected chi connectivity index (χ3v) is 10.3. The Morgan fingerprint density at radius 3 is 2.19 bits per heavy atom. The molecular formula is C34H67N3O10. The normalized spacial score (nSPS) is 45.2. The van der Waals surface area contributed by atoms with E-state index in [-0.39, 0.29) is 30.9 Å². The van der Waals surface area contributed by atoms with Crippen LogP contribution in [-0.2, 0) is 18.9 Å². The van der Waals surface area contributed by atoms with Gasteiger partial charge < -0.3 is 59.6 Å². The van der Waals surface area contributed by atoms with Gasteiger partial charge >= 0.3 is 6.09 Å². The molecule has 2 saturated heterocycles. The van der Waals surface area contributed by atoms with Crippen molar-refractivity contribution in [1.82, 2.24) is 15.1 Å². The number of hydrogen-bond acceptors (Lipinski definition) is 12. The second kappa shape index (κ2) is 17.7. The monoisotopic (exact) mass is 677 g/mol. The molecule has 13 heteroatoms. The highest BCUT2D eigenvalue weighted by Gasteiger charge is 2.50. The molecule has 6 N–H and O–H groups in total. The summed E-state index contributed by atoms with van der Waals surface area (Å²) in [6.45, 7) is 16.8. The summed E-state index contributed by atoms with van der Waals surface area (Å²) in [4.78, 5) is 16.9. The molecular weight excluding hydrogens is 610 g/mol. The van der Waals surface area contributed by atoms with Gasteiger partial charge in [-0.2, -0.15) is 0 Å². The van der Waals surface area contributed by atoms with Gasteiger partial charge in [-0.05, 0) is 80.4 Å². The molecule has 278 valence electrons. The summed E-state index contributed by atoms with van der Waals surface area (Å²) in [5.41, 5.74) is -3.28. The summed E-state index contributed by atoms with van der Waals surface area (Å²) in [5, 5.41) is 60.8. The van der Waals surface area contributed by atoms with Crippen molar-refractivity contribution in [3.8, 4) is 0 Å². The molecule has 1 amide bonds. The maximum atomic E-state index is 13.0. The molecule has 15 atom stereocenters. The number of rotatable bonds is 7. The standard InChI is InChI=1S/C34H67N3O10/c1-13-15-35-32(41)46-27-21(5)29(47-31-26(38)24(36(10)11)16-20(4)44-31)33(8,42)17-19(3)18-37(12)23(7)28(39)34(9,43)25(14-2)45-30(40)22(27)6/h19-31,38-40,42-43H,13-18H2,1-12H3,(H,35,41)/t19-,20-,21+,22-,23-,24+,25-,26-,27+,28-,29-,30?,31+,33-,34-/m1/s1. The van der Waals surface area contributed by atoms with Gasteiger partial charge in [-0.25, -0.2) is 4.79 Å². The first-order chi connectivity index (χ1) is 21.7. The van der Waals surface area contributed by atoms with Gasteiger partial charge in [-0.1, -0.05) is 34.6 Å². The van der Waals surface area contributed by atoms with Crippen molar-refractivity contribution in [2.24, 2.45) is 17.8 Å². The van der Waals surface area contributed by atoms with Crippen LogP contribution in [0.1, 0.15) is 88.0 Å². The Bertz CT molecular complexity index is 955. The zero-order valence-corrected chi connectivity index (χ0v) is 30.9. The summed E-state index contributed by atoms with van der Waals surface area (Å²) in [6, 6.07) is -0.763. The predicted octanol–water partition coefficient (Wildman–Crippen LogP) is 1.91.